The largest absolute Gasteiger partial charge is 0.497 e. The first-order valence-electron chi connectivity index (χ1n) is 10.5. The van der Waals surface area contributed by atoms with E-state index in [-0.39, 0.29) is 11.8 Å². The molecule has 0 bridgehead atoms. The quantitative estimate of drug-likeness (QED) is 0.432. The van der Waals surface area contributed by atoms with E-state index in [9.17, 15) is 9.59 Å². The van der Waals surface area contributed by atoms with Crippen molar-refractivity contribution in [1.82, 2.24) is 9.78 Å². The standard InChI is InChI=1S/C26H24N4O3/c1-18(31)27-21-10-12-22(13-11-21)28-26(32)24-17-30(16-19-6-4-3-5-7-19)29-25(24)20-8-14-23(33-2)15-9-20/h3-15,17H,16H2,1-2H3,(H,27,31)(H,28,32). The highest BCUT2D eigenvalue weighted by molar-refractivity contribution is 6.08. The van der Waals surface area contributed by atoms with Crippen LogP contribution < -0.4 is 15.4 Å². The van der Waals surface area contributed by atoms with E-state index < -0.39 is 0 Å². The number of anilines is 2. The molecule has 0 saturated carbocycles. The van der Waals surface area contributed by atoms with Crippen LogP contribution in [0.3, 0.4) is 0 Å². The van der Waals surface area contributed by atoms with E-state index in [0.717, 1.165) is 16.9 Å². The topological polar surface area (TPSA) is 85.2 Å². The van der Waals surface area contributed by atoms with Crippen LogP contribution in [0, 0.1) is 0 Å². The molecule has 3 aromatic carbocycles. The van der Waals surface area contributed by atoms with E-state index in [2.05, 4.69) is 10.6 Å². The highest BCUT2D eigenvalue weighted by Crippen LogP contribution is 2.26. The summed E-state index contributed by atoms with van der Waals surface area (Å²) in [6.45, 7) is 1.99. The molecule has 4 rings (SSSR count). The van der Waals surface area contributed by atoms with Crippen LogP contribution in [0.2, 0.25) is 0 Å². The van der Waals surface area contributed by atoms with Crippen LogP contribution >= 0.6 is 0 Å². The first-order valence-corrected chi connectivity index (χ1v) is 10.5. The molecule has 2 amide bonds. The van der Waals surface area contributed by atoms with Gasteiger partial charge < -0.3 is 15.4 Å². The van der Waals surface area contributed by atoms with Crippen molar-refractivity contribution in [2.75, 3.05) is 17.7 Å². The van der Waals surface area contributed by atoms with Gasteiger partial charge in [-0.3, -0.25) is 14.3 Å². The number of amides is 2. The van der Waals surface area contributed by atoms with E-state index in [1.165, 1.54) is 6.92 Å². The lowest BCUT2D eigenvalue weighted by Crippen LogP contribution is -2.12. The first kappa shape index (κ1) is 21.8. The third kappa shape index (κ3) is 5.46. The minimum absolute atomic E-state index is 0.151. The van der Waals surface area contributed by atoms with Gasteiger partial charge in [0.1, 0.15) is 11.4 Å². The van der Waals surface area contributed by atoms with Crippen molar-refractivity contribution < 1.29 is 14.3 Å². The highest BCUT2D eigenvalue weighted by atomic mass is 16.5. The number of methoxy groups -OCH3 is 1. The van der Waals surface area contributed by atoms with Crippen molar-refractivity contribution >= 4 is 23.2 Å². The molecular formula is C26H24N4O3. The van der Waals surface area contributed by atoms with E-state index in [1.807, 2.05) is 54.6 Å². The van der Waals surface area contributed by atoms with E-state index in [1.54, 1.807) is 42.3 Å². The third-order valence-corrected chi connectivity index (χ3v) is 5.02. The minimum atomic E-state index is -0.271. The molecule has 1 aromatic heterocycles. The fraction of sp³-hybridized carbons (Fsp3) is 0.115. The molecule has 0 atom stereocenters. The summed E-state index contributed by atoms with van der Waals surface area (Å²) in [7, 11) is 1.61. The number of hydrogen-bond acceptors (Lipinski definition) is 4. The lowest BCUT2D eigenvalue weighted by atomic mass is 10.1. The molecular weight excluding hydrogens is 416 g/mol. The summed E-state index contributed by atoms with van der Waals surface area (Å²) in [5.41, 5.74) is 4.22. The van der Waals surface area contributed by atoms with Crippen molar-refractivity contribution in [3.63, 3.8) is 0 Å². The van der Waals surface area contributed by atoms with Crippen LogP contribution in [0.4, 0.5) is 11.4 Å². The van der Waals surface area contributed by atoms with Crippen molar-refractivity contribution in [3.05, 3.63) is 96.2 Å². The lowest BCUT2D eigenvalue weighted by Gasteiger charge is -2.07. The van der Waals surface area contributed by atoms with Crippen molar-refractivity contribution in [3.8, 4) is 17.0 Å². The molecule has 2 N–H and O–H groups in total. The number of hydrogen-bond donors (Lipinski definition) is 2. The Hall–Kier alpha value is -4.39. The van der Waals surface area contributed by atoms with Gasteiger partial charge in [-0.05, 0) is 54.1 Å². The number of benzene rings is 3. The van der Waals surface area contributed by atoms with Gasteiger partial charge in [0, 0.05) is 30.1 Å². The summed E-state index contributed by atoms with van der Waals surface area (Å²) in [5.74, 6) is 0.307. The number of nitrogens with one attached hydrogen (secondary N) is 2. The van der Waals surface area contributed by atoms with Gasteiger partial charge in [0.25, 0.3) is 5.91 Å². The molecule has 0 spiro atoms. The maximum atomic E-state index is 13.2. The predicted molar refractivity (Wildman–Crippen MR) is 128 cm³/mol. The van der Waals surface area contributed by atoms with Crippen LogP contribution in [-0.4, -0.2) is 28.7 Å². The van der Waals surface area contributed by atoms with E-state index in [4.69, 9.17) is 9.84 Å². The normalized spacial score (nSPS) is 10.5. The van der Waals surface area contributed by atoms with Gasteiger partial charge in [-0.25, -0.2) is 0 Å². The molecule has 4 aromatic rings. The molecule has 0 saturated heterocycles. The second-order valence-corrected chi connectivity index (χ2v) is 7.52. The Morgan fingerprint density at radius 2 is 1.52 bits per heavy atom. The highest BCUT2D eigenvalue weighted by Gasteiger charge is 2.19. The summed E-state index contributed by atoms with van der Waals surface area (Å²) < 4.78 is 7.02. The number of ether oxygens (including phenoxy) is 1. The van der Waals surface area contributed by atoms with Gasteiger partial charge >= 0.3 is 0 Å². The van der Waals surface area contributed by atoms with Crippen molar-refractivity contribution in [1.29, 1.82) is 0 Å². The first-order chi connectivity index (χ1) is 16.0. The van der Waals surface area contributed by atoms with Crippen molar-refractivity contribution in [2.45, 2.75) is 13.5 Å². The Morgan fingerprint density at radius 1 is 0.879 bits per heavy atom. The molecule has 7 nitrogen and oxygen atoms in total. The molecule has 7 heteroatoms. The Balaban J connectivity index is 1.62. The second-order valence-electron chi connectivity index (χ2n) is 7.52. The maximum Gasteiger partial charge on any atom is 0.259 e. The molecule has 0 aliphatic heterocycles. The Labute approximate surface area is 192 Å². The molecule has 0 fully saturated rings. The average Bonchev–Trinajstić information content (AvgIpc) is 3.24. The number of carbonyl (C=O) groups excluding carboxylic acids is 2. The monoisotopic (exact) mass is 440 g/mol. The third-order valence-electron chi connectivity index (χ3n) is 5.02. The molecule has 0 unspecified atom stereocenters. The van der Waals surface area contributed by atoms with Gasteiger partial charge in [0.15, 0.2) is 0 Å². The van der Waals surface area contributed by atoms with Crippen LogP contribution in [0.1, 0.15) is 22.8 Å². The van der Waals surface area contributed by atoms with Crippen molar-refractivity contribution in [2.24, 2.45) is 0 Å². The lowest BCUT2D eigenvalue weighted by molar-refractivity contribution is -0.114. The zero-order chi connectivity index (χ0) is 23.2. The van der Waals surface area contributed by atoms with Gasteiger partial charge in [-0.15, -0.1) is 0 Å². The number of aromatic nitrogens is 2. The molecule has 0 aliphatic carbocycles. The number of carbonyl (C=O) groups is 2. The van der Waals surface area contributed by atoms with Crippen LogP contribution in [-0.2, 0) is 11.3 Å². The fourth-order valence-corrected chi connectivity index (χ4v) is 3.44. The van der Waals surface area contributed by atoms with Crippen LogP contribution in [0.5, 0.6) is 5.75 Å². The number of nitrogens with zero attached hydrogens (tertiary/aromatic N) is 2. The molecule has 0 aliphatic rings. The Morgan fingerprint density at radius 3 is 2.12 bits per heavy atom. The zero-order valence-corrected chi connectivity index (χ0v) is 18.4. The van der Waals surface area contributed by atoms with Gasteiger partial charge in [-0.2, -0.15) is 5.10 Å². The van der Waals surface area contributed by atoms with Crippen LogP contribution in [0.15, 0.2) is 85.1 Å². The van der Waals surface area contributed by atoms with Crippen LogP contribution in [0.25, 0.3) is 11.3 Å². The molecule has 33 heavy (non-hydrogen) atoms. The summed E-state index contributed by atoms with van der Waals surface area (Å²) in [6.07, 6.45) is 1.76. The Bertz CT molecular complexity index is 1250. The smallest absolute Gasteiger partial charge is 0.259 e. The fourth-order valence-electron chi connectivity index (χ4n) is 3.44. The summed E-state index contributed by atoms with van der Waals surface area (Å²) in [6, 6.07) is 24.3. The Kier molecular flexibility index (Phi) is 6.50. The SMILES string of the molecule is COc1ccc(-c2nn(Cc3ccccc3)cc2C(=O)Nc2ccc(NC(C)=O)cc2)cc1. The van der Waals surface area contributed by atoms with E-state index in [0.29, 0.717) is 29.2 Å². The predicted octanol–water partition coefficient (Wildman–Crippen LogP) is 4.82. The van der Waals surface area contributed by atoms with Gasteiger partial charge in [0.05, 0.1) is 19.2 Å². The average molecular weight is 441 g/mol. The summed E-state index contributed by atoms with van der Waals surface area (Å²) in [5, 5.41) is 10.3. The van der Waals surface area contributed by atoms with Gasteiger partial charge in [-0.1, -0.05) is 30.3 Å². The van der Waals surface area contributed by atoms with Gasteiger partial charge in [0.2, 0.25) is 5.91 Å². The summed E-state index contributed by atoms with van der Waals surface area (Å²) in [4.78, 5) is 24.4. The minimum Gasteiger partial charge on any atom is -0.497 e. The summed E-state index contributed by atoms with van der Waals surface area (Å²) >= 11 is 0. The maximum absolute atomic E-state index is 13.2. The number of rotatable bonds is 7. The van der Waals surface area contributed by atoms with E-state index >= 15 is 0 Å². The molecule has 166 valence electrons. The second kappa shape index (κ2) is 9.82. The molecule has 1 heterocycles. The zero-order valence-electron chi connectivity index (χ0n) is 18.4. The molecule has 0 radical (unpaired) electrons.